The summed E-state index contributed by atoms with van der Waals surface area (Å²) >= 11 is 0. The van der Waals surface area contributed by atoms with Gasteiger partial charge in [-0.3, -0.25) is 0 Å². The number of rotatable bonds is 7. The zero-order chi connectivity index (χ0) is 13.5. The van der Waals surface area contributed by atoms with Gasteiger partial charge in [-0.1, -0.05) is 6.07 Å². The highest BCUT2D eigenvalue weighted by Crippen LogP contribution is 2.14. The normalized spacial score (nSPS) is 11.0. The van der Waals surface area contributed by atoms with E-state index in [1.165, 1.54) is 0 Å². The Morgan fingerprint density at radius 2 is 1.94 bits per heavy atom. The van der Waals surface area contributed by atoms with Gasteiger partial charge in [-0.05, 0) is 52.5 Å². The fraction of sp³-hybridized carbons (Fsp3) is 0.643. The minimum absolute atomic E-state index is 0.561. The molecule has 102 valence electrons. The van der Waals surface area contributed by atoms with Crippen LogP contribution < -0.4 is 10.6 Å². The second-order valence-electron chi connectivity index (χ2n) is 4.85. The molecule has 0 aliphatic carbocycles. The average Bonchev–Trinajstić information content (AvgIpc) is 2.34. The number of hydrogen-bond acceptors (Lipinski definition) is 4. The highest BCUT2D eigenvalue weighted by Gasteiger charge is 2.07. The van der Waals surface area contributed by atoms with Crippen LogP contribution in [0.15, 0.2) is 12.1 Å². The van der Waals surface area contributed by atoms with Crippen molar-refractivity contribution in [3.8, 4) is 0 Å². The molecule has 0 saturated heterocycles. The summed E-state index contributed by atoms with van der Waals surface area (Å²) in [5.74, 6) is 1.06. The number of aromatic nitrogens is 1. The fourth-order valence-corrected chi connectivity index (χ4v) is 1.98. The molecule has 0 amide bonds. The number of pyridine rings is 1. The second kappa shape index (κ2) is 7.34. The van der Waals surface area contributed by atoms with Crippen molar-refractivity contribution in [1.82, 2.24) is 9.88 Å². The van der Waals surface area contributed by atoms with E-state index in [1.807, 2.05) is 6.92 Å². The summed E-state index contributed by atoms with van der Waals surface area (Å²) in [7, 11) is 4.21. The van der Waals surface area contributed by atoms with E-state index < -0.39 is 0 Å². The number of nitrogens with two attached hydrogens (primary N) is 1. The molecule has 0 aromatic carbocycles. The first kappa shape index (κ1) is 14.9. The molecule has 0 bridgehead atoms. The van der Waals surface area contributed by atoms with Crippen LogP contribution in [0.4, 0.5) is 5.82 Å². The van der Waals surface area contributed by atoms with Crippen LogP contribution in [0.2, 0.25) is 0 Å². The Kier molecular flexibility index (Phi) is 6.09. The second-order valence-corrected chi connectivity index (χ2v) is 4.85. The molecule has 1 aromatic rings. The van der Waals surface area contributed by atoms with Crippen molar-refractivity contribution in [2.45, 2.75) is 26.8 Å². The minimum atomic E-state index is 0.561. The van der Waals surface area contributed by atoms with Gasteiger partial charge in [0.2, 0.25) is 0 Å². The third-order valence-corrected chi connectivity index (χ3v) is 3.14. The van der Waals surface area contributed by atoms with Gasteiger partial charge in [0.25, 0.3) is 0 Å². The quantitative estimate of drug-likeness (QED) is 0.799. The summed E-state index contributed by atoms with van der Waals surface area (Å²) in [4.78, 5) is 9.17. The van der Waals surface area contributed by atoms with Gasteiger partial charge in [0.15, 0.2) is 0 Å². The Balaban J connectivity index is 2.67. The van der Waals surface area contributed by atoms with Crippen LogP contribution in [0.1, 0.15) is 24.6 Å². The first-order chi connectivity index (χ1) is 8.58. The van der Waals surface area contributed by atoms with Crippen molar-refractivity contribution in [2.75, 3.05) is 38.6 Å². The molecular formula is C14H26N4. The van der Waals surface area contributed by atoms with E-state index in [1.54, 1.807) is 0 Å². The SMILES string of the molecule is CCN(CCCN(C)C)c1ccc(CN)c(C)n1. The van der Waals surface area contributed by atoms with E-state index in [-0.39, 0.29) is 0 Å². The van der Waals surface area contributed by atoms with Crippen LogP contribution >= 0.6 is 0 Å². The lowest BCUT2D eigenvalue weighted by Crippen LogP contribution is -2.28. The maximum Gasteiger partial charge on any atom is 0.128 e. The van der Waals surface area contributed by atoms with Gasteiger partial charge in [-0.2, -0.15) is 0 Å². The van der Waals surface area contributed by atoms with Crippen molar-refractivity contribution < 1.29 is 0 Å². The lowest BCUT2D eigenvalue weighted by Gasteiger charge is -2.23. The number of hydrogen-bond donors (Lipinski definition) is 1. The summed E-state index contributed by atoms with van der Waals surface area (Å²) in [5, 5.41) is 0. The zero-order valence-corrected chi connectivity index (χ0v) is 12.1. The van der Waals surface area contributed by atoms with Gasteiger partial charge in [0.05, 0.1) is 0 Å². The molecule has 0 saturated carbocycles. The molecule has 0 unspecified atom stereocenters. The molecule has 0 fully saturated rings. The topological polar surface area (TPSA) is 45.4 Å². The Hall–Kier alpha value is -1.13. The summed E-state index contributed by atoms with van der Waals surface area (Å²) in [6.07, 6.45) is 1.15. The molecule has 18 heavy (non-hydrogen) atoms. The van der Waals surface area contributed by atoms with Gasteiger partial charge in [-0.15, -0.1) is 0 Å². The molecule has 0 atom stereocenters. The van der Waals surface area contributed by atoms with Crippen molar-refractivity contribution in [1.29, 1.82) is 0 Å². The largest absolute Gasteiger partial charge is 0.357 e. The van der Waals surface area contributed by atoms with E-state index in [0.29, 0.717) is 6.54 Å². The smallest absolute Gasteiger partial charge is 0.128 e. The molecule has 1 rings (SSSR count). The van der Waals surface area contributed by atoms with Crippen molar-refractivity contribution in [3.05, 3.63) is 23.4 Å². The standard InChI is InChI=1S/C14H26N4/c1-5-18(10-6-9-17(3)4)14-8-7-13(11-15)12(2)16-14/h7-8H,5-6,9-11,15H2,1-4H3. The third kappa shape index (κ3) is 4.27. The van der Waals surface area contributed by atoms with E-state index in [2.05, 4.69) is 47.9 Å². The van der Waals surface area contributed by atoms with Gasteiger partial charge >= 0.3 is 0 Å². The van der Waals surface area contributed by atoms with Crippen LogP contribution in [0.3, 0.4) is 0 Å². The Morgan fingerprint density at radius 3 is 2.44 bits per heavy atom. The van der Waals surface area contributed by atoms with Gasteiger partial charge in [0.1, 0.15) is 5.82 Å². The number of aryl methyl sites for hydroxylation is 1. The van der Waals surface area contributed by atoms with Crippen LogP contribution in [0.5, 0.6) is 0 Å². The highest BCUT2D eigenvalue weighted by molar-refractivity contribution is 5.41. The first-order valence-corrected chi connectivity index (χ1v) is 6.64. The van der Waals surface area contributed by atoms with Crippen molar-refractivity contribution in [2.24, 2.45) is 5.73 Å². The molecule has 4 nitrogen and oxygen atoms in total. The van der Waals surface area contributed by atoms with Gasteiger partial charge in [0, 0.05) is 25.3 Å². The number of nitrogens with zero attached hydrogens (tertiary/aromatic N) is 3. The van der Waals surface area contributed by atoms with Crippen LogP contribution in [-0.4, -0.2) is 43.6 Å². The van der Waals surface area contributed by atoms with Gasteiger partial charge < -0.3 is 15.5 Å². The number of anilines is 1. The van der Waals surface area contributed by atoms with Crippen molar-refractivity contribution >= 4 is 5.82 Å². The predicted octanol–water partition coefficient (Wildman–Crippen LogP) is 1.63. The van der Waals surface area contributed by atoms with Crippen LogP contribution in [-0.2, 0) is 6.54 Å². The Labute approximate surface area is 111 Å². The molecular weight excluding hydrogens is 224 g/mol. The molecule has 0 spiro atoms. The summed E-state index contributed by atoms with van der Waals surface area (Å²) < 4.78 is 0. The summed E-state index contributed by atoms with van der Waals surface area (Å²) in [6.45, 7) is 7.90. The van der Waals surface area contributed by atoms with Gasteiger partial charge in [-0.25, -0.2) is 4.98 Å². The first-order valence-electron chi connectivity index (χ1n) is 6.64. The molecule has 1 aromatic heterocycles. The van der Waals surface area contributed by atoms with E-state index in [9.17, 15) is 0 Å². The van der Waals surface area contributed by atoms with Crippen molar-refractivity contribution in [3.63, 3.8) is 0 Å². The third-order valence-electron chi connectivity index (χ3n) is 3.14. The minimum Gasteiger partial charge on any atom is -0.357 e. The van der Waals surface area contributed by atoms with E-state index >= 15 is 0 Å². The Bertz CT molecular complexity index is 363. The maximum atomic E-state index is 5.66. The highest BCUT2D eigenvalue weighted by atomic mass is 15.2. The lowest BCUT2D eigenvalue weighted by atomic mass is 10.2. The maximum absolute atomic E-state index is 5.66. The molecule has 0 aliphatic heterocycles. The monoisotopic (exact) mass is 250 g/mol. The van der Waals surface area contributed by atoms with Crippen LogP contribution in [0.25, 0.3) is 0 Å². The predicted molar refractivity (Wildman–Crippen MR) is 77.9 cm³/mol. The van der Waals surface area contributed by atoms with E-state index in [4.69, 9.17) is 5.73 Å². The lowest BCUT2D eigenvalue weighted by molar-refractivity contribution is 0.400. The molecule has 4 heteroatoms. The molecule has 0 aliphatic rings. The molecule has 0 radical (unpaired) electrons. The van der Waals surface area contributed by atoms with E-state index in [0.717, 1.165) is 43.1 Å². The Morgan fingerprint density at radius 1 is 1.22 bits per heavy atom. The molecule has 2 N–H and O–H groups in total. The summed E-state index contributed by atoms with van der Waals surface area (Å²) in [5.41, 5.74) is 7.83. The zero-order valence-electron chi connectivity index (χ0n) is 12.1. The average molecular weight is 250 g/mol. The van der Waals surface area contributed by atoms with Crippen LogP contribution in [0, 0.1) is 6.92 Å². The summed E-state index contributed by atoms with van der Waals surface area (Å²) in [6, 6.07) is 4.17. The fourth-order valence-electron chi connectivity index (χ4n) is 1.98. The molecule has 1 heterocycles.